The monoisotopic (exact) mass is 302 g/mol. The summed E-state index contributed by atoms with van der Waals surface area (Å²) in [5.41, 5.74) is 4.50. The molecule has 118 valence electrons. The highest BCUT2D eigenvalue weighted by Crippen LogP contribution is 2.29. The summed E-state index contributed by atoms with van der Waals surface area (Å²) in [6, 6.07) is 4.42. The molecule has 21 heavy (non-hydrogen) atoms. The van der Waals surface area contributed by atoms with Gasteiger partial charge in [0.2, 0.25) is 0 Å². The van der Waals surface area contributed by atoms with Gasteiger partial charge in [-0.2, -0.15) is 13.2 Å². The number of nitrogens with one attached hydrogen (secondary N) is 1. The first kappa shape index (κ1) is 17.5. The molecule has 3 nitrogen and oxygen atoms in total. The third kappa shape index (κ3) is 5.75. The maximum atomic E-state index is 12.6. The van der Waals surface area contributed by atoms with Gasteiger partial charge in [-0.25, -0.2) is 0 Å². The van der Waals surface area contributed by atoms with Crippen LogP contribution in [0.5, 0.6) is 0 Å². The smallest absolute Gasteiger partial charge is 0.352 e. The molecule has 6 heteroatoms. The highest BCUT2D eigenvalue weighted by molar-refractivity contribution is 5.94. The van der Waals surface area contributed by atoms with Crippen LogP contribution in [0.4, 0.5) is 13.2 Å². The summed E-state index contributed by atoms with van der Waals surface area (Å²) in [4.78, 5) is 11.9. The van der Waals surface area contributed by atoms with Crippen LogP contribution >= 0.6 is 0 Å². The summed E-state index contributed by atoms with van der Waals surface area (Å²) in [5.74, 6) is -0.498. The van der Waals surface area contributed by atoms with Gasteiger partial charge in [-0.1, -0.05) is 19.9 Å². The first-order chi connectivity index (χ1) is 9.65. The van der Waals surface area contributed by atoms with Crippen LogP contribution in [-0.2, 0) is 6.18 Å². The van der Waals surface area contributed by atoms with Crippen molar-refractivity contribution in [3.8, 4) is 0 Å². The number of rotatable bonds is 6. The molecule has 0 bridgehead atoms. The number of nitrogens with two attached hydrogens (primary N) is 1. The topological polar surface area (TPSA) is 55.1 Å². The van der Waals surface area contributed by atoms with Crippen molar-refractivity contribution in [3.05, 3.63) is 35.4 Å². The van der Waals surface area contributed by atoms with Crippen LogP contribution in [0.3, 0.4) is 0 Å². The van der Waals surface area contributed by atoms with Gasteiger partial charge in [-0.15, -0.1) is 0 Å². The van der Waals surface area contributed by atoms with Crippen LogP contribution in [0.25, 0.3) is 0 Å². The fourth-order valence-corrected chi connectivity index (χ4v) is 1.93. The average Bonchev–Trinajstić information content (AvgIpc) is 2.42. The van der Waals surface area contributed by atoms with E-state index in [-0.39, 0.29) is 11.0 Å². The van der Waals surface area contributed by atoms with Crippen LogP contribution < -0.4 is 11.1 Å². The molecule has 0 saturated carbocycles. The van der Waals surface area contributed by atoms with Crippen LogP contribution in [0.2, 0.25) is 0 Å². The van der Waals surface area contributed by atoms with Crippen LogP contribution in [-0.4, -0.2) is 19.0 Å². The average molecular weight is 302 g/mol. The SMILES string of the molecule is CC(C)(CCCN)CNC(=O)c1cccc(C(F)(F)F)c1. The molecular formula is C15H21F3N2O. The lowest BCUT2D eigenvalue weighted by atomic mass is 9.87. The zero-order valence-corrected chi connectivity index (χ0v) is 12.3. The first-order valence-electron chi connectivity index (χ1n) is 6.81. The number of amides is 1. The summed E-state index contributed by atoms with van der Waals surface area (Å²) < 4.78 is 37.8. The van der Waals surface area contributed by atoms with E-state index in [9.17, 15) is 18.0 Å². The quantitative estimate of drug-likeness (QED) is 0.848. The van der Waals surface area contributed by atoms with E-state index in [4.69, 9.17) is 5.73 Å². The Balaban J connectivity index is 2.68. The van der Waals surface area contributed by atoms with Crippen molar-refractivity contribution in [1.82, 2.24) is 5.32 Å². The Morgan fingerprint density at radius 2 is 1.95 bits per heavy atom. The van der Waals surface area contributed by atoms with Crippen molar-refractivity contribution in [1.29, 1.82) is 0 Å². The molecule has 1 rings (SSSR count). The molecule has 1 aromatic carbocycles. The molecule has 3 N–H and O–H groups in total. The van der Waals surface area contributed by atoms with Crippen LogP contribution in [0, 0.1) is 5.41 Å². The van der Waals surface area contributed by atoms with Crippen molar-refractivity contribution in [2.24, 2.45) is 11.1 Å². The Morgan fingerprint density at radius 1 is 1.29 bits per heavy atom. The zero-order valence-electron chi connectivity index (χ0n) is 12.3. The number of halogens is 3. The summed E-state index contributed by atoms with van der Waals surface area (Å²) in [6.45, 7) is 4.93. The molecule has 0 aromatic heterocycles. The zero-order chi connectivity index (χ0) is 16.1. The number of carbonyl (C=O) groups is 1. The third-order valence-electron chi connectivity index (χ3n) is 3.24. The number of alkyl halides is 3. The van der Waals surface area contributed by atoms with Crippen molar-refractivity contribution < 1.29 is 18.0 Å². The second-order valence-electron chi connectivity index (χ2n) is 5.82. The fraction of sp³-hybridized carbons (Fsp3) is 0.533. The van der Waals surface area contributed by atoms with E-state index in [0.717, 1.165) is 25.0 Å². The Labute approximate surface area is 122 Å². The molecule has 1 aromatic rings. The van der Waals surface area contributed by atoms with Gasteiger partial charge in [0.15, 0.2) is 0 Å². The number of hydrogen-bond donors (Lipinski definition) is 2. The summed E-state index contributed by atoms with van der Waals surface area (Å²) in [5, 5.41) is 2.68. The standard InChI is InChI=1S/C15H21F3N2O/c1-14(2,7-4-8-19)10-20-13(21)11-5-3-6-12(9-11)15(16,17)18/h3,5-6,9H,4,7-8,10,19H2,1-2H3,(H,20,21). The van der Waals surface area contributed by atoms with E-state index in [1.165, 1.54) is 12.1 Å². The third-order valence-corrected chi connectivity index (χ3v) is 3.24. The van der Waals surface area contributed by atoms with Gasteiger partial charge >= 0.3 is 6.18 Å². The van der Waals surface area contributed by atoms with Crippen LogP contribution in [0.1, 0.15) is 42.6 Å². The van der Waals surface area contributed by atoms with Gasteiger partial charge in [0, 0.05) is 12.1 Å². The molecule has 0 fully saturated rings. The second kappa shape index (κ2) is 6.93. The minimum Gasteiger partial charge on any atom is -0.352 e. The van der Waals surface area contributed by atoms with Gasteiger partial charge in [0.25, 0.3) is 5.91 Å². The molecule has 0 saturated heterocycles. The number of hydrogen-bond acceptors (Lipinski definition) is 2. The minimum atomic E-state index is -4.45. The molecule has 0 aliphatic carbocycles. The highest BCUT2D eigenvalue weighted by Gasteiger charge is 2.31. The van der Waals surface area contributed by atoms with Gasteiger partial charge < -0.3 is 11.1 Å². The lowest BCUT2D eigenvalue weighted by molar-refractivity contribution is -0.137. The van der Waals surface area contributed by atoms with E-state index in [1.807, 2.05) is 13.8 Å². The molecule has 0 radical (unpaired) electrons. The molecule has 0 heterocycles. The summed E-state index contributed by atoms with van der Waals surface area (Å²) >= 11 is 0. The van der Waals surface area contributed by atoms with E-state index in [1.54, 1.807) is 0 Å². The van der Waals surface area contributed by atoms with E-state index < -0.39 is 17.6 Å². The molecule has 0 unspecified atom stereocenters. The lowest BCUT2D eigenvalue weighted by Gasteiger charge is -2.24. The maximum absolute atomic E-state index is 12.6. The van der Waals surface area contributed by atoms with Gasteiger partial charge in [-0.3, -0.25) is 4.79 Å². The van der Waals surface area contributed by atoms with Crippen molar-refractivity contribution >= 4 is 5.91 Å². The molecule has 0 spiro atoms. The Morgan fingerprint density at radius 3 is 2.52 bits per heavy atom. The predicted molar refractivity (Wildman–Crippen MR) is 75.8 cm³/mol. The summed E-state index contributed by atoms with van der Waals surface area (Å²) in [7, 11) is 0. The van der Waals surface area contributed by atoms with Crippen molar-refractivity contribution in [2.45, 2.75) is 32.9 Å². The molecule has 0 aliphatic rings. The second-order valence-corrected chi connectivity index (χ2v) is 5.82. The Bertz CT molecular complexity index is 484. The Kier molecular flexibility index (Phi) is 5.78. The van der Waals surface area contributed by atoms with Gasteiger partial charge in [-0.05, 0) is 43.0 Å². The number of carbonyl (C=O) groups excluding carboxylic acids is 1. The highest BCUT2D eigenvalue weighted by atomic mass is 19.4. The van der Waals surface area contributed by atoms with Crippen molar-refractivity contribution in [3.63, 3.8) is 0 Å². The van der Waals surface area contributed by atoms with Gasteiger partial charge in [0.05, 0.1) is 5.56 Å². The van der Waals surface area contributed by atoms with E-state index in [2.05, 4.69) is 5.32 Å². The molecule has 0 atom stereocenters. The molecule has 1 amide bonds. The number of benzene rings is 1. The van der Waals surface area contributed by atoms with Crippen molar-refractivity contribution in [2.75, 3.05) is 13.1 Å². The first-order valence-corrected chi connectivity index (χ1v) is 6.81. The van der Waals surface area contributed by atoms with E-state index >= 15 is 0 Å². The molecule has 0 aliphatic heterocycles. The molecular weight excluding hydrogens is 281 g/mol. The Hall–Kier alpha value is -1.56. The maximum Gasteiger partial charge on any atom is 0.416 e. The predicted octanol–water partition coefficient (Wildman–Crippen LogP) is 3.20. The van der Waals surface area contributed by atoms with Gasteiger partial charge in [0.1, 0.15) is 0 Å². The largest absolute Gasteiger partial charge is 0.416 e. The van der Waals surface area contributed by atoms with E-state index in [0.29, 0.717) is 13.1 Å². The normalized spacial score (nSPS) is 12.3. The fourth-order valence-electron chi connectivity index (χ4n) is 1.93. The summed E-state index contributed by atoms with van der Waals surface area (Å²) in [6.07, 6.45) is -2.77. The van der Waals surface area contributed by atoms with Crippen LogP contribution in [0.15, 0.2) is 24.3 Å². The minimum absolute atomic E-state index is 0.0134. The lowest BCUT2D eigenvalue weighted by Crippen LogP contribution is -2.34.